The average Bonchev–Trinajstić information content (AvgIpc) is 2.47. The van der Waals surface area contributed by atoms with E-state index in [1.807, 2.05) is 48.5 Å². The predicted octanol–water partition coefficient (Wildman–Crippen LogP) is 4.49. The van der Waals surface area contributed by atoms with Crippen molar-refractivity contribution in [1.82, 2.24) is 5.43 Å². The van der Waals surface area contributed by atoms with Gasteiger partial charge in [0, 0.05) is 15.2 Å². The van der Waals surface area contributed by atoms with Crippen LogP contribution < -0.4 is 5.43 Å². The summed E-state index contributed by atoms with van der Waals surface area (Å²) in [6.45, 7) is 0. The van der Waals surface area contributed by atoms with E-state index in [1.165, 1.54) is 11.8 Å². The predicted molar refractivity (Wildman–Crippen MR) is 97.5 cm³/mol. The van der Waals surface area contributed by atoms with Gasteiger partial charge in [-0.15, -0.1) is 11.8 Å². The highest BCUT2D eigenvalue weighted by Crippen LogP contribution is 2.16. The minimum absolute atomic E-state index is 0.127. The van der Waals surface area contributed by atoms with Gasteiger partial charge in [0.1, 0.15) is 0 Å². The third-order valence-corrected chi connectivity index (χ3v) is 4.37. The molecule has 0 saturated carbocycles. The second-order valence-electron chi connectivity index (χ2n) is 4.47. The van der Waals surface area contributed by atoms with E-state index >= 15 is 0 Å². The van der Waals surface area contributed by atoms with Gasteiger partial charge in [0.2, 0.25) is 5.91 Å². The van der Waals surface area contributed by atoms with Crippen molar-refractivity contribution in [3.05, 3.63) is 69.2 Å². The van der Waals surface area contributed by atoms with Crippen molar-refractivity contribution in [2.24, 2.45) is 5.10 Å². The Labute approximate surface area is 147 Å². The summed E-state index contributed by atoms with van der Waals surface area (Å²) in [6, 6.07) is 15.3. The van der Waals surface area contributed by atoms with Crippen molar-refractivity contribution in [3.63, 3.8) is 0 Å². The summed E-state index contributed by atoms with van der Waals surface area (Å²) in [6.07, 6.45) is 1.62. The maximum absolute atomic E-state index is 11.7. The highest BCUT2D eigenvalue weighted by molar-refractivity contribution is 9.10. The summed E-state index contributed by atoms with van der Waals surface area (Å²) in [5, 5.41) is 4.65. The molecule has 1 amide bonds. The van der Waals surface area contributed by atoms with Gasteiger partial charge in [-0.05, 0) is 35.4 Å². The van der Waals surface area contributed by atoms with Gasteiger partial charge in [-0.1, -0.05) is 51.8 Å². The molecule has 114 valence electrons. The van der Waals surface area contributed by atoms with E-state index in [1.54, 1.807) is 6.21 Å². The molecule has 3 nitrogen and oxygen atoms in total. The zero-order valence-electron chi connectivity index (χ0n) is 11.6. The number of nitrogens with zero attached hydrogens (tertiary/aromatic N) is 1. The Hall–Kier alpha value is -1.30. The fraction of sp³-hybridized carbons (Fsp3) is 0.125. The third-order valence-electron chi connectivity index (χ3n) is 2.64. The zero-order chi connectivity index (χ0) is 15.8. The summed E-state index contributed by atoms with van der Waals surface area (Å²) in [7, 11) is 0. The van der Waals surface area contributed by atoms with Crippen molar-refractivity contribution in [2.45, 2.75) is 5.75 Å². The molecule has 22 heavy (non-hydrogen) atoms. The van der Waals surface area contributed by atoms with Gasteiger partial charge in [0.15, 0.2) is 0 Å². The Morgan fingerprint density at radius 3 is 2.86 bits per heavy atom. The quantitative estimate of drug-likeness (QED) is 0.576. The first-order chi connectivity index (χ1) is 10.6. The Balaban J connectivity index is 1.72. The number of rotatable bonds is 6. The first-order valence-corrected chi connectivity index (χ1v) is 8.86. The average molecular weight is 398 g/mol. The molecule has 0 aliphatic rings. The molecule has 0 fully saturated rings. The van der Waals surface area contributed by atoms with Crippen LogP contribution in [0.1, 0.15) is 11.1 Å². The number of halogens is 2. The van der Waals surface area contributed by atoms with E-state index in [0.717, 1.165) is 21.4 Å². The van der Waals surface area contributed by atoms with Gasteiger partial charge in [0.05, 0.1) is 12.0 Å². The molecule has 0 aliphatic heterocycles. The fourth-order valence-electron chi connectivity index (χ4n) is 1.69. The van der Waals surface area contributed by atoms with E-state index in [0.29, 0.717) is 10.8 Å². The Morgan fingerprint density at radius 1 is 1.27 bits per heavy atom. The molecule has 0 heterocycles. The number of thioether (sulfide) groups is 1. The van der Waals surface area contributed by atoms with Crippen LogP contribution in [-0.2, 0) is 10.5 Å². The number of benzene rings is 2. The van der Waals surface area contributed by atoms with Crippen LogP contribution in [-0.4, -0.2) is 17.9 Å². The summed E-state index contributed by atoms with van der Waals surface area (Å²) < 4.78 is 0.972. The van der Waals surface area contributed by atoms with E-state index in [2.05, 4.69) is 26.5 Å². The first kappa shape index (κ1) is 17.1. The lowest BCUT2D eigenvalue weighted by molar-refractivity contribution is -0.118. The summed E-state index contributed by atoms with van der Waals surface area (Å²) >= 11 is 10.8. The molecule has 6 heteroatoms. The van der Waals surface area contributed by atoms with Crippen molar-refractivity contribution < 1.29 is 4.79 Å². The van der Waals surface area contributed by atoms with Crippen LogP contribution in [0.5, 0.6) is 0 Å². The Kier molecular flexibility index (Phi) is 6.96. The lowest BCUT2D eigenvalue weighted by Gasteiger charge is -2.02. The number of nitrogens with one attached hydrogen (secondary N) is 1. The monoisotopic (exact) mass is 396 g/mol. The first-order valence-electron chi connectivity index (χ1n) is 6.53. The van der Waals surface area contributed by atoms with Crippen molar-refractivity contribution in [3.8, 4) is 0 Å². The smallest absolute Gasteiger partial charge is 0.250 e. The topological polar surface area (TPSA) is 41.5 Å². The van der Waals surface area contributed by atoms with Crippen molar-refractivity contribution >= 4 is 51.4 Å². The van der Waals surface area contributed by atoms with E-state index in [-0.39, 0.29) is 5.91 Å². The van der Waals surface area contributed by atoms with Gasteiger partial charge in [0.25, 0.3) is 0 Å². The van der Waals surface area contributed by atoms with E-state index < -0.39 is 0 Å². The molecule has 0 atom stereocenters. The Morgan fingerprint density at radius 2 is 2.09 bits per heavy atom. The normalized spacial score (nSPS) is 10.8. The number of hydrazone groups is 1. The summed E-state index contributed by atoms with van der Waals surface area (Å²) in [5.41, 5.74) is 4.53. The van der Waals surface area contributed by atoms with Crippen LogP contribution in [0, 0.1) is 0 Å². The third kappa shape index (κ3) is 6.22. The summed E-state index contributed by atoms with van der Waals surface area (Å²) in [5.74, 6) is 0.962. The van der Waals surface area contributed by atoms with Gasteiger partial charge in [-0.3, -0.25) is 4.79 Å². The van der Waals surface area contributed by atoms with Crippen LogP contribution >= 0.6 is 39.3 Å². The second kappa shape index (κ2) is 8.98. The maximum Gasteiger partial charge on any atom is 0.250 e. The number of carbonyl (C=O) groups is 1. The molecule has 0 bridgehead atoms. The number of hydrogen-bond acceptors (Lipinski definition) is 3. The maximum atomic E-state index is 11.7. The molecule has 2 rings (SSSR count). The molecule has 2 aromatic carbocycles. The van der Waals surface area contributed by atoms with Gasteiger partial charge < -0.3 is 0 Å². The molecule has 0 aliphatic carbocycles. The van der Waals surface area contributed by atoms with E-state index in [4.69, 9.17) is 11.6 Å². The lowest BCUT2D eigenvalue weighted by Crippen LogP contribution is -2.19. The molecule has 0 unspecified atom stereocenters. The molecular formula is C16H14BrClN2OS. The molecular weight excluding hydrogens is 384 g/mol. The highest BCUT2D eigenvalue weighted by atomic mass is 79.9. The lowest BCUT2D eigenvalue weighted by atomic mass is 10.2. The molecule has 1 N–H and O–H groups in total. The van der Waals surface area contributed by atoms with Crippen molar-refractivity contribution in [2.75, 3.05) is 5.75 Å². The van der Waals surface area contributed by atoms with Crippen LogP contribution in [0.15, 0.2) is 58.1 Å². The molecule has 0 radical (unpaired) electrons. The molecule has 2 aromatic rings. The summed E-state index contributed by atoms with van der Waals surface area (Å²) in [4.78, 5) is 11.7. The van der Waals surface area contributed by atoms with Crippen molar-refractivity contribution in [1.29, 1.82) is 0 Å². The number of hydrogen-bond donors (Lipinski definition) is 1. The number of amides is 1. The molecule has 0 saturated heterocycles. The van der Waals surface area contributed by atoms with Crippen LogP contribution in [0.25, 0.3) is 0 Å². The van der Waals surface area contributed by atoms with Gasteiger partial charge >= 0.3 is 0 Å². The van der Waals surface area contributed by atoms with Crippen LogP contribution in [0.4, 0.5) is 0 Å². The standard InChI is InChI=1S/C16H14BrClN2OS/c17-14-5-1-3-12(7-14)9-19-20-16(21)11-22-10-13-4-2-6-15(18)8-13/h1-9H,10-11H2,(H,20,21)/b19-9-. The fourth-order valence-corrected chi connectivity index (χ4v) is 3.08. The van der Waals surface area contributed by atoms with Crippen LogP contribution in [0.3, 0.4) is 0 Å². The SMILES string of the molecule is O=C(CSCc1cccc(Cl)c1)N/N=C\c1cccc(Br)c1. The van der Waals surface area contributed by atoms with E-state index in [9.17, 15) is 4.79 Å². The largest absolute Gasteiger partial charge is 0.272 e. The second-order valence-corrected chi connectivity index (χ2v) is 6.81. The van der Waals surface area contributed by atoms with Gasteiger partial charge in [-0.2, -0.15) is 5.10 Å². The van der Waals surface area contributed by atoms with Gasteiger partial charge in [-0.25, -0.2) is 5.43 Å². The molecule has 0 aromatic heterocycles. The molecule has 0 spiro atoms. The minimum atomic E-state index is -0.127. The highest BCUT2D eigenvalue weighted by Gasteiger charge is 2.01. The minimum Gasteiger partial charge on any atom is -0.272 e. The number of carbonyl (C=O) groups excluding carboxylic acids is 1. The van der Waals surface area contributed by atoms with Crippen LogP contribution in [0.2, 0.25) is 5.02 Å². The zero-order valence-corrected chi connectivity index (χ0v) is 14.8. The Bertz CT molecular complexity index is 679.